The van der Waals surface area contributed by atoms with Gasteiger partial charge in [-0.3, -0.25) is 4.79 Å². The van der Waals surface area contributed by atoms with Gasteiger partial charge in [0.15, 0.2) is 0 Å². The molecule has 0 spiro atoms. The van der Waals surface area contributed by atoms with Crippen LogP contribution in [-0.4, -0.2) is 19.2 Å². The minimum absolute atomic E-state index is 0.114. The number of nitrogens with zero attached hydrogens (tertiary/aromatic N) is 4. The molecule has 0 saturated carbocycles. The van der Waals surface area contributed by atoms with Gasteiger partial charge in [-0.2, -0.15) is 0 Å². The molecule has 0 unspecified atom stereocenters. The molecule has 0 fully saturated rings. The quantitative estimate of drug-likeness (QED) is 0.487. The molecule has 3 aromatic carbocycles. The first-order valence-electron chi connectivity index (χ1n) is 9.24. The van der Waals surface area contributed by atoms with E-state index in [2.05, 4.69) is 22.3 Å². The van der Waals surface area contributed by atoms with Gasteiger partial charge in [0.25, 0.3) is 5.56 Å². The second-order valence-corrected chi connectivity index (χ2v) is 6.81. The smallest absolute Gasteiger partial charge is 0.281 e. The highest BCUT2D eigenvalue weighted by atomic mass is 16.1. The molecule has 5 heteroatoms. The third-order valence-corrected chi connectivity index (χ3v) is 4.96. The summed E-state index contributed by atoms with van der Waals surface area (Å²) >= 11 is 0. The summed E-state index contributed by atoms with van der Waals surface area (Å²) in [5.41, 5.74) is 4.34. The maximum absolute atomic E-state index is 13.3. The number of benzene rings is 3. The molecular weight excluding hydrogens is 348 g/mol. The molecular formula is C23H18N4O. The van der Waals surface area contributed by atoms with E-state index < -0.39 is 0 Å². The second kappa shape index (κ2) is 6.78. The zero-order chi connectivity index (χ0) is 18.9. The predicted molar refractivity (Wildman–Crippen MR) is 110 cm³/mol. The van der Waals surface area contributed by atoms with Gasteiger partial charge in [0, 0.05) is 6.42 Å². The Balaban J connectivity index is 1.71. The zero-order valence-electron chi connectivity index (χ0n) is 15.2. The van der Waals surface area contributed by atoms with Crippen molar-refractivity contribution in [1.82, 2.24) is 19.2 Å². The fraction of sp³-hybridized carbons (Fsp3) is 0.0870. The molecule has 5 nitrogen and oxygen atoms in total. The summed E-state index contributed by atoms with van der Waals surface area (Å²) in [5, 5.41) is 8.74. The van der Waals surface area contributed by atoms with E-state index in [1.165, 1.54) is 0 Å². The van der Waals surface area contributed by atoms with Crippen LogP contribution < -0.4 is 5.56 Å². The molecule has 0 aliphatic rings. The monoisotopic (exact) mass is 366 g/mol. The number of fused-ring (bicyclic) bond motifs is 3. The Morgan fingerprint density at radius 1 is 0.679 bits per heavy atom. The van der Waals surface area contributed by atoms with Gasteiger partial charge in [-0.15, -0.1) is 10.2 Å². The zero-order valence-corrected chi connectivity index (χ0v) is 15.2. The molecule has 5 rings (SSSR count). The van der Waals surface area contributed by atoms with Gasteiger partial charge in [-0.1, -0.05) is 72.8 Å². The first kappa shape index (κ1) is 16.4. The summed E-state index contributed by atoms with van der Waals surface area (Å²) < 4.78 is 3.73. The molecule has 0 aliphatic carbocycles. The van der Waals surface area contributed by atoms with E-state index in [0.29, 0.717) is 24.4 Å². The first-order valence-corrected chi connectivity index (χ1v) is 9.24. The number of aromatic nitrogens is 4. The molecule has 0 aliphatic heterocycles. The number of hydrogen-bond donors (Lipinski definition) is 0. The van der Waals surface area contributed by atoms with Crippen LogP contribution in [0.4, 0.5) is 0 Å². The van der Waals surface area contributed by atoms with Crippen LogP contribution in [-0.2, 0) is 13.0 Å². The van der Waals surface area contributed by atoms with E-state index in [1.807, 2.05) is 77.4 Å². The van der Waals surface area contributed by atoms with Crippen molar-refractivity contribution in [1.29, 1.82) is 0 Å². The van der Waals surface area contributed by atoms with E-state index in [9.17, 15) is 4.79 Å². The number of para-hydroxylation sites is 2. The lowest BCUT2D eigenvalue weighted by Crippen LogP contribution is -2.22. The highest BCUT2D eigenvalue weighted by molar-refractivity contribution is 5.80. The highest BCUT2D eigenvalue weighted by Gasteiger charge is 2.16. The van der Waals surface area contributed by atoms with Crippen molar-refractivity contribution in [2.75, 3.05) is 0 Å². The van der Waals surface area contributed by atoms with Gasteiger partial charge in [-0.25, -0.2) is 4.40 Å². The van der Waals surface area contributed by atoms with Crippen LogP contribution in [0.3, 0.4) is 0 Å². The maximum Gasteiger partial charge on any atom is 0.281 e. The van der Waals surface area contributed by atoms with Crippen molar-refractivity contribution < 1.29 is 0 Å². The van der Waals surface area contributed by atoms with Gasteiger partial charge >= 0.3 is 0 Å². The molecule has 0 radical (unpaired) electrons. The van der Waals surface area contributed by atoms with Crippen molar-refractivity contribution in [3.8, 4) is 0 Å². The summed E-state index contributed by atoms with van der Waals surface area (Å²) in [4.78, 5) is 13.3. The fourth-order valence-corrected chi connectivity index (χ4v) is 3.62. The van der Waals surface area contributed by atoms with Gasteiger partial charge in [0.2, 0.25) is 5.78 Å². The standard InChI is InChI=1S/C23H18N4O/c28-22-19(15-17-9-3-1-4-10-17)24-25-23-26(16-18-11-5-2-6-12-18)20-13-7-8-14-21(20)27(22)23/h1-14H,15-16H2. The first-order chi connectivity index (χ1) is 13.8. The normalized spacial score (nSPS) is 11.3. The fourth-order valence-electron chi connectivity index (χ4n) is 3.62. The predicted octanol–water partition coefficient (Wildman–Crippen LogP) is 3.68. The van der Waals surface area contributed by atoms with Crippen LogP contribution in [0.1, 0.15) is 16.8 Å². The molecule has 0 atom stereocenters. The molecule has 0 N–H and O–H groups in total. The Bertz CT molecular complexity index is 1320. The Morgan fingerprint density at radius 2 is 1.29 bits per heavy atom. The van der Waals surface area contributed by atoms with E-state index >= 15 is 0 Å². The number of hydrogen-bond acceptors (Lipinski definition) is 3. The van der Waals surface area contributed by atoms with E-state index in [1.54, 1.807) is 4.40 Å². The molecule has 2 heterocycles. The van der Waals surface area contributed by atoms with Crippen LogP contribution in [0, 0.1) is 0 Å². The van der Waals surface area contributed by atoms with Crippen molar-refractivity contribution >= 4 is 16.8 Å². The van der Waals surface area contributed by atoms with Crippen LogP contribution in [0.15, 0.2) is 89.7 Å². The topological polar surface area (TPSA) is 52.2 Å². The summed E-state index contributed by atoms with van der Waals surface area (Å²) in [6.07, 6.45) is 0.466. The summed E-state index contributed by atoms with van der Waals surface area (Å²) in [6, 6.07) is 27.9. The van der Waals surface area contributed by atoms with Crippen molar-refractivity contribution in [3.63, 3.8) is 0 Å². The molecule has 5 aromatic rings. The van der Waals surface area contributed by atoms with Gasteiger partial charge in [-0.05, 0) is 23.3 Å². The molecule has 0 amide bonds. The lowest BCUT2D eigenvalue weighted by Gasteiger charge is -2.06. The van der Waals surface area contributed by atoms with Crippen LogP contribution in [0.5, 0.6) is 0 Å². The Labute approximate surface area is 161 Å². The minimum atomic E-state index is -0.114. The van der Waals surface area contributed by atoms with Crippen LogP contribution in [0.25, 0.3) is 16.8 Å². The Hall–Kier alpha value is -3.73. The largest absolute Gasteiger partial charge is 0.304 e. The Kier molecular flexibility index (Phi) is 3.98. The van der Waals surface area contributed by atoms with Gasteiger partial charge < -0.3 is 4.57 Å². The van der Waals surface area contributed by atoms with Gasteiger partial charge in [0.05, 0.1) is 17.6 Å². The Morgan fingerprint density at radius 3 is 2.00 bits per heavy atom. The molecule has 136 valence electrons. The minimum Gasteiger partial charge on any atom is -0.304 e. The number of rotatable bonds is 4. The maximum atomic E-state index is 13.3. The molecule has 2 aromatic heterocycles. The van der Waals surface area contributed by atoms with E-state index in [-0.39, 0.29) is 5.56 Å². The number of imidazole rings is 1. The van der Waals surface area contributed by atoms with Gasteiger partial charge in [0.1, 0.15) is 5.69 Å². The second-order valence-electron chi connectivity index (χ2n) is 6.81. The highest BCUT2D eigenvalue weighted by Crippen LogP contribution is 2.20. The molecule has 0 bridgehead atoms. The van der Waals surface area contributed by atoms with Crippen molar-refractivity contribution in [3.05, 3.63) is 112 Å². The van der Waals surface area contributed by atoms with Crippen molar-refractivity contribution in [2.45, 2.75) is 13.0 Å². The summed E-state index contributed by atoms with van der Waals surface area (Å²) in [6.45, 7) is 0.629. The molecule has 28 heavy (non-hydrogen) atoms. The van der Waals surface area contributed by atoms with Crippen LogP contribution in [0.2, 0.25) is 0 Å². The third-order valence-electron chi connectivity index (χ3n) is 4.96. The molecule has 0 saturated heterocycles. The lowest BCUT2D eigenvalue weighted by atomic mass is 10.1. The average Bonchev–Trinajstić information content (AvgIpc) is 3.06. The lowest BCUT2D eigenvalue weighted by molar-refractivity contribution is 0.789. The van der Waals surface area contributed by atoms with E-state index in [0.717, 1.165) is 22.2 Å². The van der Waals surface area contributed by atoms with Crippen LogP contribution >= 0.6 is 0 Å². The summed E-state index contributed by atoms with van der Waals surface area (Å²) in [5.74, 6) is 0.562. The van der Waals surface area contributed by atoms with Crippen molar-refractivity contribution in [2.24, 2.45) is 0 Å². The van der Waals surface area contributed by atoms with E-state index in [4.69, 9.17) is 0 Å². The summed E-state index contributed by atoms with van der Waals surface area (Å²) in [7, 11) is 0. The SMILES string of the molecule is O=c1c(Cc2ccccc2)nnc2n(Cc3ccccc3)c3ccccc3n12. The third kappa shape index (κ3) is 2.77. The average molecular weight is 366 g/mol.